The van der Waals surface area contributed by atoms with E-state index in [2.05, 4.69) is 5.32 Å². The van der Waals surface area contributed by atoms with Crippen molar-refractivity contribution >= 4 is 11.9 Å². The van der Waals surface area contributed by atoms with E-state index in [-0.39, 0.29) is 18.0 Å². The summed E-state index contributed by atoms with van der Waals surface area (Å²) in [5, 5.41) is 11.9. The molecule has 0 aromatic carbocycles. The molecule has 6 nitrogen and oxygen atoms in total. The molecule has 3 unspecified atom stereocenters. The third-order valence-corrected chi connectivity index (χ3v) is 3.35. The number of morpholine rings is 1. The number of carbonyl (C=O) groups excluding carboxylic acids is 1. The number of aliphatic carboxylic acids is 1. The third-order valence-electron chi connectivity index (χ3n) is 3.35. The highest BCUT2D eigenvalue weighted by Gasteiger charge is 2.26. The lowest BCUT2D eigenvalue weighted by Gasteiger charge is -2.31. The molecule has 1 aliphatic rings. The lowest BCUT2D eigenvalue weighted by atomic mass is 10.0. The normalized spacial score (nSPS) is 21.2. The van der Waals surface area contributed by atoms with Crippen molar-refractivity contribution in [1.82, 2.24) is 10.2 Å². The number of nitrogens with one attached hydrogen (secondary N) is 1. The SMILES string of the molecule is CC(NC(C)C(C)C(=O)O)C(=O)N1CCOCC1. The Kier molecular flexibility index (Phi) is 5.55. The number of carboxylic acids is 1. The Morgan fingerprint density at radius 3 is 2.28 bits per heavy atom. The minimum Gasteiger partial charge on any atom is -0.481 e. The molecule has 0 bridgehead atoms. The highest BCUT2D eigenvalue weighted by Crippen LogP contribution is 2.06. The van der Waals surface area contributed by atoms with E-state index >= 15 is 0 Å². The van der Waals surface area contributed by atoms with Crippen molar-refractivity contribution in [2.45, 2.75) is 32.9 Å². The lowest BCUT2D eigenvalue weighted by Crippen LogP contribution is -2.52. The van der Waals surface area contributed by atoms with Crippen molar-refractivity contribution in [2.24, 2.45) is 5.92 Å². The minimum absolute atomic E-state index is 0.00254. The van der Waals surface area contributed by atoms with E-state index in [1.54, 1.807) is 25.7 Å². The van der Waals surface area contributed by atoms with Crippen LogP contribution in [0.3, 0.4) is 0 Å². The van der Waals surface area contributed by atoms with Crippen LogP contribution in [0.5, 0.6) is 0 Å². The van der Waals surface area contributed by atoms with Crippen LogP contribution in [0.2, 0.25) is 0 Å². The molecule has 1 heterocycles. The molecule has 1 aliphatic heterocycles. The molecule has 0 radical (unpaired) electrons. The Bertz CT molecular complexity index is 302. The molecular weight excluding hydrogens is 236 g/mol. The van der Waals surface area contributed by atoms with E-state index in [1.807, 2.05) is 0 Å². The molecule has 0 saturated carbocycles. The Morgan fingerprint density at radius 2 is 1.78 bits per heavy atom. The average molecular weight is 258 g/mol. The molecule has 0 aromatic heterocycles. The fourth-order valence-electron chi connectivity index (χ4n) is 1.88. The zero-order chi connectivity index (χ0) is 13.7. The summed E-state index contributed by atoms with van der Waals surface area (Å²) in [6.45, 7) is 7.53. The zero-order valence-electron chi connectivity index (χ0n) is 11.2. The van der Waals surface area contributed by atoms with Gasteiger partial charge in [-0.3, -0.25) is 9.59 Å². The van der Waals surface area contributed by atoms with Gasteiger partial charge in [0.2, 0.25) is 5.91 Å². The molecule has 0 aliphatic carbocycles. The first kappa shape index (κ1) is 14.9. The quantitative estimate of drug-likeness (QED) is 0.722. The second-order valence-electron chi connectivity index (χ2n) is 4.74. The number of hydrogen-bond acceptors (Lipinski definition) is 4. The van der Waals surface area contributed by atoms with Gasteiger partial charge < -0.3 is 20.1 Å². The first-order chi connectivity index (χ1) is 8.43. The molecule has 0 aromatic rings. The van der Waals surface area contributed by atoms with E-state index in [1.165, 1.54) is 0 Å². The fraction of sp³-hybridized carbons (Fsp3) is 0.833. The second kappa shape index (κ2) is 6.70. The molecule has 104 valence electrons. The van der Waals surface area contributed by atoms with Crippen LogP contribution in [-0.2, 0) is 14.3 Å². The van der Waals surface area contributed by atoms with Crippen LogP contribution in [0.15, 0.2) is 0 Å². The van der Waals surface area contributed by atoms with Crippen LogP contribution in [0, 0.1) is 5.92 Å². The van der Waals surface area contributed by atoms with Gasteiger partial charge in [0.25, 0.3) is 0 Å². The number of hydrogen-bond donors (Lipinski definition) is 2. The van der Waals surface area contributed by atoms with Crippen molar-refractivity contribution in [1.29, 1.82) is 0 Å². The number of carboxylic acid groups (broad SMARTS) is 1. The van der Waals surface area contributed by atoms with Gasteiger partial charge in [0, 0.05) is 19.1 Å². The summed E-state index contributed by atoms with van der Waals surface area (Å²) < 4.78 is 5.19. The van der Waals surface area contributed by atoms with Crippen molar-refractivity contribution < 1.29 is 19.4 Å². The standard InChI is InChI=1S/C12H22N2O4/c1-8(12(16)17)9(2)13-10(3)11(15)14-4-6-18-7-5-14/h8-10,13H,4-7H2,1-3H3,(H,16,17). The maximum Gasteiger partial charge on any atom is 0.307 e. The van der Waals surface area contributed by atoms with Crippen LogP contribution < -0.4 is 5.32 Å². The van der Waals surface area contributed by atoms with Crippen LogP contribution in [0.4, 0.5) is 0 Å². The van der Waals surface area contributed by atoms with E-state index in [9.17, 15) is 9.59 Å². The minimum atomic E-state index is -0.860. The average Bonchev–Trinajstić information content (AvgIpc) is 2.37. The van der Waals surface area contributed by atoms with Crippen molar-refractivity contribution in [3.05, 3.63) is 0 Å². The largest absolute Gasteiger partial charge is 0.481 e. The van der Waals surface area contributed by atoms with E-state index in [0.29, 0.717) is 26.3 Å². The van der Waals surface area contributed by atoms with Gasteiger partial charge in [-0.05, 0) is 13.8 Å². The summed E-state index contributed by atoms with van der Waals surface area (Å²) in [6, 6.07) is -0.623. The Balaban J connectivity index is 2.45. The highest BCUT2D eigenvalue weighted by molar-refractivity contribution is 5.81. The number of nitrogens with zero attached hydrogens (tertiary/aromatic N) is 1. The summed E-state index contributed by atoms with van der Waals surface area (Å²) in [5.41, 5.74) is 0. The predicted molar refractivity (Wildman–Crippen MR) is 66.3 cm³/mol. The molecule has 2 N–H and O–H groups in total. The maximum absolute atomic E-state index is 12.1. The molecule has 18 heavy (non-hydrogen) atoms. The van der Waals surface area contributed by atoms with Crippen LogP contribution >= 0.6 is 0 Å². The number of amides is 1. The summed E-state index contributed by atoms with van der Waals surface area (Å²) in [4.78, 5) is 24.7. The van der Waals surface area contributed by atoms with Gasteiger partial charge in [0.05, 0.1) is 25.2 Å². The number of rotatable bonds is 5. The smallest absolute Gasteiger partial charge is 0.307 e. The van der Waals surface area contributed by atoms with Gasteiger partial charge in [0.1, 0.15) is 0 Å². The van der Waals surface area contributed by atoms with Gasteiger partial charge in [-0.2, -0.15) is 0 Å². The monoisotopic (exact) mass is 258 g/mol. The summed E-state index contributed by atoms with van der Waals surface area (Å²) >= 11 is 0. The van der Waals surface area contributed by atoms with Gasteiger partial charge in [-0.1, -0.05) is 6.92 Å². The number of ether oxygens (including phenoxy) is 1. The van der Waals surface area contributed by atoms with Crippen LogP contribution in [0.25, 0.3) is 0 Å². The van der Waals surface area contributed by atoms with E-state index in [4.69, 9.17) is 9.84 Å². The van der Waals surface area contributed by atoms with Gasteiger partial charge in [-0.15, -0.1) is 0 Å². The van der Waals surface area contributed by atoms with Gasteiger partial charge >= 0.3 is 5.97 Å². The van der Waals surface area contributed by atoms with Crippen molar-refractivity contribution in [3.8, 4) is 0 Å². The molecule has 1 fully saturated rings. The van der Waals surface area contributed by atoms with Crippen molar-refractivity contribution in [3.63, 3.8) is 0 Å². The highest BCUT2D eigenvalue weighted by atomic mass is 16.5. The molecule has 0 spiro atoms. The van der Waals surface area contributed by atoms with E-state index < -0.39 is 11.9 Å². The number of carbonyl (C=O) groups is 2. The van der Waals surface area contributed by atoms with Crippen LogP contribution in [-0.4, -0.2) is 60.3 Å². The molecule has 1 saturated heterocycles. The zero-order valence-corrected chi connectivity index (χ0v) is 11.2. The fourth-order valence-corrected chi connectivity index (χ4v) is 1.88. The molecule has 1 rings (SSSR count). The van der Waals surface area contributed by atoms with E-state index in [0.717, 1.165) is 0 Å². The Labute approximate surface area is 107 Å². The second-order valence-corrected chi connectivity index (χ2v) is 4.74. The molecule has 6 heteroatoms. The first-order valence-electron chi connectivity index (χ1n) is 6.29. The first-order valence-corrected chi connectivity index (χ1v) is 6.29. The molecular formula is C12H22N2O4. The van der Waals surface area contributed by atoms with Crippen LogP contribution in [0.1, 0.15) is 20.8 Å². The molecule has 3 atom stereocenters. The Morgan fingerprint density at radius 1 is 1.22 bits per heavy atom. The van der Waals surface area contributed by atoms with Gasteiger partial charge in [0.15, 0.2) is 0 Å². The molecule has 1 amide bonds. The van der Waals surface area contributed by atoms with Crippen molar-refractivity contribution in [2.75, 3.05) is 26.3 Å². The maximum atomic E-state index is 12.1. The third kappa shape index (κ3) is 3.96. The summed E-state index contributed by atoms with van der Waals surface area (Å²) in [7, 11) is 0. The topological polar surface area (TPSA) is 78.9 Å². The summed E-state index contributed by atoms with van der Waals surface area (Å²) in [5.74, 6) is -1.38. The lowest BCUT2D eigenvalue weighted by molar-refractivity contribution is -0.143. The summed E-state index contributed by atoms with van der Waals surface area (Å²) in [6.07, 6.45) is 0. The van der Waals surface area contributed by atoms with Gasteiger partial charge in [-0.25, -0.2) is 0 Å². The Hall–Kier alpha value is -1.14. The predicted octanol–water partition coefficient (Wildman–Crippen LogP) is -0.0675.